The van der Waals surface area contributed by atoms with Crippen LogP contribution in [0.25, 0.3) is 0 Å². The maximum atomic E-state index is 13.8. The van der Waals surface area contributed by atoms with Gasteiger partial charge in [0.2, 0.25) is 5.91 Å². The van der Waals surface area contributed by atoms with E-state index in [1.807, 2.05) is 54.6 Å². The average Bonchev–Trinajstić information content (AvgIpc) is 3.12. The molecule has 1 fully saturated rings. The summed E-state index contributed by atoms with van der Waals surface area (Å²) in [5, 5.41) is 2.78. The van der Waals surface area contributed by atoms with Crippen molar-refractivity contribution in [3.05, 3.63) is 90.0 Å². The number of anilines is 1. The van der Waals surface area contributed by atoms with Crippen molar-refractivity contribution in [3.63, 3.8) is 0 Å². The number of carbonyl (C=O) groups is 3. The van der Waals surface area contributed by atoms with Gasteiger partial charge in [-0.3, -0.25) is 14.5 Å². The molecule has 0 saturated carbocycles. The van der Waals surface area contributed by atoms with E-state index in [2.05, 4.69) is 5.32 Å². The van der Waals surface area contributed by atoms with E-state index in [0.29, 0.717) is 17.1 Å². The van der Waals surface area contributed by atoms with Crippen LogP contribution in [0.1, 0.15) is 24.1 Å². The van der Waals surface area contributed by atoms with Crippen molar-refractivity contribution in [1.29, 1.82) is 0 Å². The number of methoxy groups -OCH3 is 1. The van der Waals surface area contributed by atoms with Crippen molar-refractivity contribution in [2.45, 2.75) is 23.4 Å². The zero-order chi connectivity index (χ0) is 24.6. The minimum absolute atomic E-state index is 0.214. The van der Waals surface area contributed by atoms with Gasteiger partial charge in [-0.25, -0.2) is 4.79 Å². The summed E-state index contributed by atoms with van der Waals surface area (Å²) in [6.45, 7) is 1.29. The summed E-state index contributed by atoms with van der Waals surface area (Å²) in [5.41, 5.74) is 1.08. The SMILES string of the molecule is COc1cccc([C@]2(C)NC(=O)N(CC(=O)N3c4ccccc4SC[C@@H]3c3ccccc3)C2=O)c1. The maximum Gasteiger partial charge on any atom is 0.325 e. The van der Waals surface area contributed by atoms with E-state index in [-0.39, 0.29) is 18.5 Å². The molecule has 2 aliphatic rings. The number of ether oxygens (including phenoxy) is 1. The number of imide groups is 1. The summed E-state index contributed by atoms with van der Waals surface area (Å²) in [6, 6.07) is 23.7. The van der Waals surface area contributed by atoms with Crippen LogP contribution < -0.4 is 15.0 Å². The standard InChI is InChI=1S/C27H25N3O4S/c1-27(19-11-8-12-20(15-19)34-2)25(32)29(26(33)28-27)16-24(31)30-21-13-6-7-14-23(21)35-17-22(30)18-9-4-3-5-10-18/h3-15,22H,16-17H2,1-2H3,(H,28,33)/t22-,27+/m1/s1. The Morgan fingerprint density at radius 2 is 1.80 bits per heavy atom. The lowest BCUT2D eigenvalue weighted by atomic mass is 9.92. The minimum atomic E-state index is -1.29. The highest BCUT2D eigenvalue weighted by Crippen LogP contribution is 2.43. The molecule has 2 aliphatic heterocycles. The van der Waals surface area contributed by atoms with Crippen LogP contribution in [-0.4, -0.2) is 42.2 Å². The Labute approximate surface area is 208 Å². The Morgan fingerprint density at radius 1 is 1.06 bits per heavy atom. The summed E-state index contributed by atoms with van der Waals surface area (Å²) in [6.07, 6.45) is 0. The smallest absolute Gasteiger partial charge is 0.325 e. The molecule has 2 atom stereocenters. The summed E-state index contributed by atoms with van der Waals surface area (Å²) in [4.78, 5) is 43.9. The topological polar surface area (TPSA) is 79.0 Å². The normalized spacial score (nSPS) is 21.5. The van der Waals surface area contributed by atoms with Crippen LogP contribution in [0, 0.1) is 0 Å². The van der Waals surface area contributed by atoms with Crippen molar-refractivity contribution in [2.24, 2.45) is 0 Å². The van der Waals surface area contributed by atoms with Gasteiger partial charge in [-0.2, -0.15) is 0 Å². The molecule has 4 amide bonds. The number of nitrogens with one attached hydrogen (secondary N) is 1. The van der Waals surface area contributed by atoms with Crippen molar-refractivity contribution in [3.8, 4) is 5.75 Å². The molecule has 7 nitrogen and oxygen atoms in total. The number of amides is 4. The third-order valence-electron chi connectivity index (χ3n) is 6.50. The second kappa shape index (κ2) is 9.11. The second-order valence-corrected chi connectivity index (χ2v) is 9.71. The highest BCUT2D eigenvalue weighted by Gasteiger charge is 2.50. The number of para-hydroxylation sites is 1. The molecule has 0 spiro atoms. The van der Waals surface area contributed by atoms with Crippen molar-refractivity contribution in [1.82, 2.24) is 10.2 Å². The zero-order valence-electron chi connectivity index (χ0n) is 19.4. The van der Waals surface area contributed by atoms with Crippen LogP contribution in [0.5, 0.6) is 5.75 Å². The summed E-state index contributed by atoms with van der Waals surface area (Å²) in [7, 11) is 1.54. The molecule has 5 rings (SSSR count). The van der Waals surface area contributed by atoms with Crippen LogP contribution in [0.3, 0.4) is 0 Å². The quantitative estimate of drug-likeness (QED) is 0.542. The lowest BCUT2D eigenvalue weighted by molar-refractivity contribution is -0.134. The zero-order valence-corrected chi connectivity index (χ0v) is 20.2. The van der Waals surface area contributed by atoms with E-state index in [4.69, 9.17) is 4.74 Å². The molecule has 178 valence electrons. The van der Waals surface area contributed by atoms with Gasteiger partial charge < -0.3 is 15.0 Å². The van der Waals surface area contributed by atoms with Crippen LogP contribution in [-0.2, 0) is 15.1 Å². The highest BCUT2D eigenvalue weighted by molar-refractivity contribution is 7.99. The molecule has 0 aromatic heterocycles. The predicted molar refractivity (Wildman–Crippen MR) is 134 cm³/mol. The van der Waals surface area contributed by atoms with E-state index in [1.54, 1.807) is 55.0 Å². The van der Waals surface area contributed by atoms with Crippen LogP contribution >= 0.6 is 11.8 Å². The number of fused-ring (bicyclic) bond motifs is 1. The second-order valence-electron chi connectivity index (χ2n) is 8.65. The van der Waals surface area contributed by atoms with Crippen molar-refractivity contribution in [2.75, 3.05) is 24.3 Å². The molecule has 0 radical (unpaired) electrons. The minimum Gasteiger partial charge on any atom is -0.497 e. The van der Waals surface area contributed by atoms with Crippen LogP contribution in [0.4, 0.5) is 10.5 Å². The van der Waals surface area contributed by atoms with E-state index >= 15 is 0 Å². The number of nitrogens with zero attached hydrogens (tertiary/aromatic N) is 2. The number of carbonyl (C=O) groups excluding carboxylic acids is 3. The van der Waals surface area contributed by atoms with Gasteiger partial charge >= 0.3 is 6.03 Å². The van der Waals surface area contributed by atoms with E-state index in [1.165, 1.54) is 0 Å². The molecule has 2 heterocycles. The lowest BCUT2D eigenvalue weighted by Gasteiger charge is -2.37. The van der Waals surface area contributed by atoms with E-state index in [0.717, 1.165) is 21.0 Å². The summed E-state index contributed by atoms with van der Waals surface area (Å²) >= 11 is 1.69. The van der Waals surface area contributed by atoms with Gasteiger partial charge in [-0.05, 0) is 42.3 Å². The van der Waals surface area contributed by atoms with E-state index in [9.17, 15) is 14.4 Å². The first-order valence-corrected chi connectivity index (χ1v) is 12.3. The fraction of sp³-hybridized carbons (Fsp3) is 0.222. The number of rotatable bonds is 5. The number of benzene rings is 3. The molecule has 1 saturated heterocycles. The molecule has 0 bridgehead atoms. The highest BCUT2D eigenvalue weighted by atomic mass is 32.2. The number of hydrogen-bond acceptors (Lipinski definition) is 5. The fourth-order valence-corrected chi connectivity index (χ4v) is 5.77. The first-order valence-electron chi connectivity index (χ1n) is 11.3. The molecule has 0 unspecified atom stereocenters. The molecular weight excluding hydrogens is 462 g/mol. The predicted octanol–water partition coefficient (Wildman–Crippen LogP) is 4.34. The largest absolute Gasteiger partial charge is 0.497 e. The Morgan fingerprint density at radius 3 is 2.57 bits per heavy atom. The Kier molecular flexibility index (Phi) is 5.98. The monoisotopic (exact) mass is 487 g/mol. The third kappa shape index (κ3) is 4.04. The molecule has 35 heavy (non-hydrogen) atoms. The Bertz CT molecular complexity index is 1300. The summed E-state index contributed by atoms with van der Waals surface area (Å²) in [5.74, 6) is 0.465. The van der Waals surface area contributed by atoms with E-state index < -0.39 is 17.5 Å². The number of urea groups is 1. The molecular formula is C27H25N3O4S. The number of hydrogen-bond donors (Lipinski definition) is 1. The maximum absolute atomic E-state index is 13.8. The van der Waals surface area contributed by atoms with Crippen LogP contribution in [0.15, 0.2) is 83.8 Å². The third-order valence-corrected chi connectivity index (χ3v) is 7.64. The van der Waals surface area contributed by atoms with Crippen molar-refractivity contribution < 1.29 is 19.1 Å². The molecule has 0 aliphatic carbocycles. The Balaban J connectivity index is 1.45. The van der Waals surface area contributed by atoms with Gasteiger partial charge in [0.05, 0.1) is 18.8 Å². The van der Waals surface area contributed by atoms with Gasteiger partial charge in [0.25, 0.3) is 5.91 Å². The van der Waals surface area contributed by atoms with Gasteiger partial charge in [0, 0.05) is 10.6 Å². The van der Waals surface area contributed by atoms with Crippen LogP contribution in [0.2, 0.25) is 0 Å². The fourth-order valence-electron chi connectivity index (χ4n) is 4.60. The molecule has 1 N–H and O–H groups in total. The number of thioether (sulfide) groups is 1. The molecule has 3 aromatic rings. The lowest BCUT2D eigenvalue weighted by Crippen LogP contribution is -2.47. The average molecular weight is 488 g/mol. The molecule has 8 heteroatoms. The Hall–Kier alpha value is -3.78. The summed E-state index contributed by atoms with van der Waals surface area (Å²) < 4.78 is 5.28. The van der Waals surface area contributed by atoms with Gasteiger partial charge in [-0.15, -0.1) is 11.8 Å². The van der Waals surface area contributed by atoms with Gasteiger partial charge in [0.1, 0.15) is 17.8 Å². The molecule has 3 aromatic carbocycles. The van der Waals surface area contributed by atoms with Gasteiger partial charge in [-0.1, -0.05) is 54.6 Å². The van der Waals surface area contributed by atoms with Crippen molar-refractivity contribution >= 4 is 35.3 Å². The first kappa shape index (κ1) is 23.0. The van der Waals surface area contributed by atoms with Gasteiger partial charge in [0.15, 0.2) is 0 Å². The first-order chi connectivity index (χ1) is 16.9.